The van der Waals surface area contributed by atoms with Gasteiger partial charge in [-0.05, 0) is 30.3 Å². The summed E-state index contributed by atoms with van der Waals surface area (Å²) in [6.45, 7) is 0.575. The lowest BCUT2D eigenvalue weighted by atomic mass is 10.2. The number of carbonyl (C=O) groups excluding carboxylic acids is 1. The van der Waals surface area contributed by atoms with Crippen molar-refractivity contribution in [2.24, 2.45) is 5.73 Å². The van der Waals surface area contributed by atoms with Gasteiger partial charge < -0.3 is 15.1 Å². The van der Waals surface area contributed by atoms with Crippen molar-refractivity contribution in [3.05, 3.63) is 54.2 Å². The SMILES string of the molecule is NCCN(C(=O)c1ccco1)c1cccc(F)c1. The second-order valence-corrected chi connectivity index (χ2v) is 3.70. The van der Waals surface area contributed by atoms with Crippen molar-refractivity contribution >= 4 is 11.6 Å². The standard InChI is InChI=1S/C13H13FN2O2/c14-10-3-1-4-11(9-10)16(7-6-15)13(17)12-5-2-8-18-12/h1-5,8-9H,6-7,15H2. The molecule has 1 amide bonds. The molecule has 0 unspecified atom stereocenters. The molecule has 1 heterocycles. The van der Waals surface area contributed by atoms with Crippen molar-refractivity contribution in [1.82, 2.24) is 0 Å². The van der Waals surface area contributed by atoms with Crippen molar-refractivity contribution < 1.29 is 13.6 Å². The van der Waals surface area contributed by atoms with Gasteiger partial charge in [-0.3, -0.25) is 4.79 Å². The fraction of sp³-hybridized carbons (Fsp3) is 0.154. The van der Waals surface area contributed by atoms with Crippen molar-refractivity contribution in [3.8, 4) is 0 Å². The number of furan rings is 1. The summed E-state index contributed by atoms with van der Waals surface area (Å²) in [6, 6.07) is 8.99. The molecule has 2 N–H and O–H groups in total. The Morgan fingerprint density at radius 3 is 2.78 bits per heavy atom. The normalized spacial score (nSPS) is 10.3. The molecule has 1 aromatic carbocycles. The zero-order valence-corrected chi connectivity index (χ0v) is 9.67. The summed E-state index contributed by atoms with van der Waals surface area (Å²) in [5, 5.41) is 0. The summed E-state index contributed by atoms with van der Waals surface area (Å²) in [5.74, 6) is -0.537. The largest absolute Gasteiger partial charge is 0.459 e. The first-order chi connectivity index (χ1) is 8.72. The van der Waals surface area contributed by atoms with Crippen LogP contribution in [0.5, 0.6) is 0 Å². The highest BCUT2D eigenvalue weighted by molar-refractivity contribution is 6.04. The van der Waals surface area contributed by atoms with E-state index in [-0.39, 0.29) is 18.2 Å². The fourth-order valence-electron chi connectivity index (χ4n) is 1.65. The predicted molar refractivity (Wildman–Crippen MR) is 65.8 cm³/mol. The number of nitrogens with two attached hydrogens (primary N) is 1. The Morgan fingerprint density at radius 2 is 2.17 bits per heavy atom. The number of anilines is 1. The molecule has 0 radical (unpaired) electrons. The maximum atomic E-state index is 13.2. The van der Waals surface area contributed by atoms with E-state index < -0.39 is 5.82 Å². The number of nitrogens with zero attached hydrogens (tertiary/aromatic N) is 1. The van der Waals surface area contributed by atoms with Gasteiger partial charge in [0.15, 0.2) is 5.76 Å². The molecular formula is C13H13FN2O2. The van der Waals surface area contributed by atoms with Gasteiger partial charge in [-0.15, -0.1) is 0 Å². The Labute approximate surface area is 104 Å². The molecule has 0 saturated carbocycles. The third-order valence-electron chi connectivity index (χ3n) is 2.45. The van der Waals surface area contributed by atoms with Gasteiger partial charge in [0, 0.05) is 18.8 Å². The highest BCUT2D eigenvalue weighted by atomic mass is 19.1. The first-order valence-corrected chi connectivity index (χ1v) is 5.53. The molecule has 0 atom stereocenters. The zero-order chi connectivity index (χ0) is 13.0. The van der Waals surface area contributed by atoms with E-state index in [0.29, 0.717) is 12.2 Å². The molecule has 2 aromatic rings. The smallest absolute Gasteiger partial charge is 0.293 e. The number of hydrogen-bond donors (Lipinski definition) is 1. The molecule has 0 fully saturated rings. The molecule has 0 aliphatic carbocycles. The van der Waals surface area contributed by atoms with E-state index in [1.54, 1.807) is 24.3 Å². The lowest BCUT2D eigenvalue weighted by Crippen LogP contribution is -2.35. The van der Waals surface area contributed by atoms with E-state index in [4.69, 9.17) is 10.2 Å². The van der Waals surface area contributed by atoms with Gasteiger partial charge in [-0.1, -0.05) is 6.07 Å². The highest BCUT2D eigenvalue weighted by Crippen LogP contribution is 2.18. The molecular weight excluding hydrogens is 235 g/mol. The average molecular weight is 248 g/mol. The summed E-state index contributed by atoms with van der Waals surface area (Å²) < 4.78 is 18.2. The molecule has 4 nitrogen and oxygen atoms in total. The number of halogens is 1. The predicted octanol–water partition coefficient (Wildman–Crippen LogP) is 2.02. The van der Waals surface area contributed by atoms with E-state index in [1.807, 2.05) is 0 Å². The highest BCUT2D eigenvalue weighted by Gasteiger charge is 2.19. The van der Waals surface area contributed by atoms with E-state index in [1.165, 1.54) is 23.3 Å². The van der Waals surface area contributed by atoms with Crippen LogP contribution in [-0.4, -0.2) is 19.0 Å². The minimum Gasteiger partial charge on any atom is -0.459 e. The average Bonchev–Trinajstić information content (AvgIpc) is 2.89. The van der Waals surface area contributed by atoms with Crippen LogP contribution in [0.25, 0.3) is 0 Å². The molecule has 1 aromatic heterocycles. The van der Waals surface area contributed by atoms with Crippen molar-refractivity contribution in [3.63, 3.8) is 0 Å². The molecule has 0 spiro atoms. The first-order valence-electron chi connectivity index (χ1n) is 5.53. The van der Waals surface area contributed by atoms with Crippen LogP contribution in [0, 0.1) is 5.82 Å². The van der Waals surface area contributed by atoms with Crippen LogP contribution in [0.1, 0.15) is 10.6 Å². The van der Waals surface area contributed by atoms with Gasteiger partial charge in [-0.2, -0.15) is 0 Å². The summed E-state index contributed by atoms with van der Waals surface area (Å²) in [7, 11) is 0. The van der Waals surface area contributed by atoms with E-state index in [0.717, 1.165) is 0 Å². The van der Waals surface area contributed by atoms with Crippen LogP contribution in [-0.2, 0) is 0 Å². The minimum absolute atomic E-state index is 0.202. The van der Waals surface area contributed by atoms with Gasteiger partial charge in [-0.25, -0.2) is 4.39 Å². The van der Waals surface area contributed by atoms with Gasteiger partial charge in [0.2, 0.25) is 0 Å². The minimum atomic E-state index is -0.401. The third-order valence-corrected chi connectivity index (χ3v) is 2.45. The molecule has 0 saturated heterocycles. The van der Waals surface area contributed by atoms with Crippen LogP contribution in [0.3, 0.4) is 0 Å². The fourth-order valence-corrected chi connectivity index (χ4v) is 1.65. The summed E-state index contributed by atoms with van der Waals surface area (Å²) >= 11 is 0. The van der Waals surface area contributed by atoms with E-state index >= 15 is 0 Å². The summed E-state index contributed by atoms with van der Waals surface area (Å²) in [4.78, 5) is 13.6. The van der Waals surface area contributed by atoms with Crippen LogP contribution in [0.4, 0.5) is 10.1 Å². The number of benzene rings is 1. The Bertz CT molecular complexity index is 526. The Hall–Kier alpha value is -2.14. The monoisotopic (exact) mass is 248 g/mol. The lowest BCUT2D eigenvalue weighted by Gasteiger charge is -2.20. The molecule has 18 heavy (non-hydrogen) atoms. The zero-order valence-electron chi connectivity index (χ0n) is 9.67. The van der Waals surface area contributed by atoms with Gasteiger partial charge in [0.25, 0.3) is 5.91 Å². The van der Waals surface area contributed by atoms with Crippen LogP contribution >= 0.6 is 0 Å². The maximum absolute atomic E-state index is 13.2. The number of carbonyl (C=O) groups is 1. The van der Waals surface area contributed by atoms with E-state index in [9.17, 15) is 9.18 Å². The van der Waals surface area contributed by atoms with Crippen LogP contribution in [0.15, 0.2) is 47.1 Å². The third kappa shape index (κ3) is 2.57. The molecule has 94 valence electrons. The van der Waals surface area contributed by atoms with Crippen molar-refractivity contribution in [2.45, 2.75) is 0 Å². The number of amides is 1. The van der Waals surface area contributed by atoms with Gasteiger partial charge in [0.05, 0.1) is 6.26 Å². The van der Waals surface area contributed by atoms with Crippen LogP contribution in [0.2, 0.25) is 0 Å². The quantitative estimate of drug-likeness (QED) is 0.900. The molecule has 0 aliphatic heterocycles. The van der Waals surface area contributed by atoms with Gasteiger partial charge in [0.1, 0.15) is 5.82 Å². The summed E-state index contributed by atoms with van der Waals surface area (Å²) in [6.07, 6.45) is 1.42. The second-order valence-electron chi connectivity index (χ2n) is 3.70. The Morgan fingerprint density at radius 1 is 1.33 bits per heavy atom. The van der Waals surface area contributed by atoms with Crippen molar-refractivity contribution in [1.29, 1.82) is 0 Å². The molecule has 5 heteroatoms. The molecule has 0 bridgehead atoms. The Kier molecular flexibility index (Phi) is 3.74. The second kappa shape index (κ2) is 5.46. The van der Waals surface area contributed by atoms with E-state index in [2.05, 4.69) is 0 Å². The van der Waals surface area contributed by atoms with Gasteiger partial charge >= 0.3 is 0 Å². The lowest BCUT2D eigenvalue weighted by molar-refractivity contribution is 0.0961. The Balaban J connectivity index is 2.31. The van der Waals surface area contributed by atoms with Crippen molar-refractivity contribution in [2.75, 3.05) is 18.0 Å². The molecule has 0 aliphatic rings. The molecule has 2 rings (SSSR count). The number of hydrogen-bond acceptors (Lipinski definition) is 3. The van der Waals surface area contributed by atoms with Crippen LogP contribution < -0.4 is 10.6 Å². The first kappa shape index (κ1) is 12.3. The topological polar surface area (TPSA) is 59.5 Å². The number of rotatable bonds is 4. The summed E-state index contributed by atoms with van der Waals surface area (Å²) in [5.41, 5.74) is 5.94. The maximum Gasteiger partial charge on any atom is 0.293 e.